The van der Waals surface area contributed by atoms with E-state index in [1.165, 1.54) is 30.3 Å². The molecule has 0 fully saturated rings. The molecule has 1 heterocycles. The SMILES string of the molecule is COC(=O)c1cccc(NC(=O)CCCN2C(=O)c3cccc([N+](=O)[O-])c3C2=O)c1O. The molecule has 3 amide bonds. The average molecular weight is 427 g/mol. The van der Waals surface area contributed by atoms with Gasteiger partial charge in [0, 0.05) is 19.0 Å². The average Bonchev–Trinajstić information content (AvgIpc) is 2.99. The van der Waals surface area contributed by atoms with E-state index in [4.69, 9.17) is 0 Å². The van der Waals surface area contributed by atoms with E-state index < -0.39 is 40.1 Å². The molecule has 2 aromatic carbocycles. The van der Waals surface area contributed by atoms with Crippen molar-refractivity contribution in [2.75, 3.05) is 19.0 Å². The third kappa shape index (κ3) is 4.06. The number of esters is 1. The Morgan fingerprint density at radius 1 is 1.16 bits per heavy atom. The van der Waals surface area contributed by atoms with Crippen molar-refractivity contribution >= 4 is 35.1 Å². The molecule has 0 atom stereocenters. The summed E-state index contributed by atoms with van der Waals surface area (Å²) in [5.41, 5.74) is -0.867. The number of anilines is 1. The Morgan fingerprint density at radius 3 is 2.55 bits per heavy atom. The third-order valence-electron chi connectivity index (χ3n) is 4.67. The number of phenols is 1. The molecule has 0 radical (unpaired) electrons. The number of benzene rings is 2. The van der Waals surface area contributed by atoms with Crippen LogP contribution in [0.15, 0.2) is 36.4 Å². The first kappa shape index (κ1) is 21.4. The predicted octanol–water partition coefficient (Wildman–Crippen LogP) is 2.10. The minimum absolute atomic E-state index is 0.00394. The molecule has 0 aromatic heterocycles. The number of amides is 3. The summed E-state index contributed by atoms with van der Waals surface area (Å²) in [7, 11) is 1.15. The number of nitrogens with zero attached hydrogens (tertiary/aromatic N) is 2. The Kier molecular flexibility index (Phi) is 5.95. The summed E-state index contributed by atoms with van der Waals surface area (Å²) < 4.78 is 4.55. The number of ether oxygens (including phenoxy) is 1. The highest BCUT2D eigenvalue weighted by Gasteiger charge is 2.40. The van der Waals surface area contributed by atoms with Crippen molar-refractivity contribution in [2.45, 2.75) is 12.8 Å². The lowest BCUT2D eigenvalue weighted by Gasteiger charge is -2.14. The molecule has 0 saturated carbocycles. The van der Waals surface area contributed by atoms with E-state index in [9.17, 15) is 34.4 Å². The van der Waals surface area contributed by atoms with Gasteiger partial charge in [-0.05, 0) is 24.6 Å². The largest absolute Gasteiger partial charge is 0.505 e. The normalized spacial score (nSPS) is 12.5. The van der Waals surface area contributed by atoms with Gasteiger partial charge in [0.25, 0.3) is 17.5 Å². The van der Waals surface area contributed by atoms with E-state index in [1.54, 1.807) is 0 Å². The number of nitro benzene ring substituents is 1. The molecule has 0 aliphatic carbocycles. The Labute approximate surface area is 175 Å². The highest BCUT2D eigenvalue weighted by molar-refractivity contribution is 6.23. The first-order valence-electron chi connectivity index (χ1n) is 9.10. The molecule has 11 heteroatoms. The fourth-order valence-corrected chi connectivity index (χ4v) is 3.20. The molecule has 31 heavy (non-hydrogen) atoms. The van der Waals surface area contributed by atoms with Crippen molar-refractivity contribution < 1.29 is 33.9 Å². The number of nitrogens with one attached hydrogen (secondary N) is 1. The van der Waals surface area contributed by atoms with Gasteiger partial charge in [0.2, 0.25) is 5.91 Å². The number of methoxy groups -OCH3 is 1. The molecule has 3 rings (SSSR count). The Balaban J connectivity index is 1.63. The van der Waals surface area contributed by atoms with E-state index in [1.807, 2.05) is 0 Å². The van der Waals surface area contributed by atoms with E-state index >= 15 is 0 Å². The van der Waals surface area contributed by atoms with Crippen LogP contribution in [0.4, 0.5) is 11.4 Å². The van der Waals surface area contributed by atoms with Gasteiger partial charge in [-0.3, -0.25) is 29.4 Å². The van der Waals surface area contributed by atoms with Crippen LogP contribution in [0.1, 0.15) is 43.9 Å². The number of nitro groups is 1. The van der Waals surface area contributed by atoms with Crippen molar-refractivity contribution in [3.05, 3.63) is 63.2 Å². The van der Waals surface area contributed by atoms with Crippen LogP contribution in [0, 0.1) is 10.1 Å². The number of fused-ring (bicyclic) bond motifs is 1. The van der Waals surface area contributed by atoms with Gasteiger partial charge in [-0.2, -0.15) is 0 Å². The van der Waals surface area contributed by atoms with Crippen LogP contribution < -0.4 is 5.32 Å². The van der Waals surface area contributed by atoms with Gasteiger partial charge >= 0.3 is 5.97 Å². The molecule has 0 unspecified atom stereocenters. The molecule has 1 aliphatic rings. The number of rotatable bonds is 7. The topological polar surface area (TPSA) is 156 Å². The van der Waals surface area contributed by atoms with Gasteiger partial charge in [0.1, 0.15) is 11.1 Å². The minimum Gasteiger partial charge on any atom is -0.505 e. The van der Waals surface area contributed by atoms with Crippen molar-refractivity contribution in [1.29, 1.82) is 0 Å². The molecule has 11 nitrogen and oxygen atoms in total. The number of aromatic hydroxyl groups is 1. The Bertz CT molecular complexity index is 1110. The fourth-order valence-electron chi connectivity index (χ4n) is 3.20. The zero-order chi connectivity index (χ0) is 22.7. The summed E-state index contributed by atoms with van der Waals surface area (Å²) >= 11 is 0. The summed E-state index contributed by atoms with van der Waals surface area (Å²) in [6.45, 7) is -0.120. The lowest BCUT2D eigenvalue weighted by Crippen LogP contribution is -2.31. The Hall–Kier alpha value is -4.28. The molecule has 2 aromatic rings. The van der Waals surface area contributed by atoms with Gasteiger partial charge in [0.05, 0.1) is 23.3 Å². The number of carbonyl (C=O) groups excluding carboxylic acids is 4. The molecule has 0 spiro atoms. The van der Waals surface area contributed by atoms with Crippen molar-refractivity contribution in [2.24, 2.45) is 0 Å². The number of imide groups is 1. The number of carbonyl (C=O) groups is 4. The third-order valence-corrected chi connectivity index (χ3v) is 4.67. The second-order valence-corrected chi connectivity index (χ2v) is 6.56. The second-order valence-electron chi connectivity index (χ2n) is 6.56. The lowest BCUT2D eigenvalue weighted by atomic mass is 10.1. The molecule has 0 saturated heterocycles. The van der Waals surface area contributed by atoms with Crippen LogP contribution in [-0.4, -0.2) is 52.3 Å². The van der Waals surface area contributed by atoms with Crippen LogP contribution >= 0.6 is 0 Å². The maximum absolute atomic E-state index is 12.5. The van der Waals surface area contributed by atoms with E-state index in [-0.39, 0.29) is 41.8 Å². The van der Waals surface area contributed by atoms with E-state index in [0.717, 1.165) is 18.1 Å². The molecule has 160 valence electrons. The summed E-state index contributed by atoms with van der Waals surface area (Å²) in [4.78, 5) is 60.0. The monoisotopic (exact) mass is 427 g/mol. The van der Waals surface area contributed by atoms with Crippen LogP contribution in [0.3, 0.4) is 0 Å². The summed E-state index contributed by atoms with van der Waals surface area (Å²) in [5, 5.41) is 23.7. The van der Waals surface area contributed by atoms with Crippen LogP contribution in [0.2, 0.25) is 0 Å². The van der Waals surface area contributed by atoms with Crippen molar-refractivity contribution in [3.63, 3.8) is 0 Å². The fraction of sp³-hybridized carbons (Fsp3) is 0.200. The zero-order valence-electron chi connectivity index (χ0n) is 16.3. The maximum Gasteiger partial charge on any atom is 0.341 e. The highest BCUT2D eigenvalue weighted by atomic mass is 16.6. The number of para-hydroxylation sites is 1. The number of phenolic OH excluding ortho intramolecular Hbond substituents is 1. The second kappa shape index (κ2) is 8.61. The molecule has 0 bridgehead atoms. The lowest BCUT2D eigenvalue weighted by molar-refractivity contribution is -0.385. The zero-order valence-corrected chi connectivity index (χ0v) is 16.3. The molecular weight excluding hydrogens is 410 g/mol. The first-order valence-corrected chi connectivity index (χ1v) is 9.10. The van der Waals surface area contributed by atoms with Crippen LogP contribution in [-0.2, 0) is 9.53 Å². The summed E-state index contributed by atoms with van der Waals surface area (Å²) in [6, 6.07) is 7.99. The summed E-state index contributed by atoms with van der Waals surface area (Å²) in [5.74, 6) is -3.19. The van der Waals surface area contributed by atoms with Gasteiger partial charge in [0.15, 0.2) is 5.75 Å². The van der Waals surface area contributed by atoms with Crippen LogP contribution in [0.5, 0.6) is 5.75 Å². The van der Waals surface area contributed by atoms with Crippen molar-refractivity contribution in [1.82, 2.24) is 4.90 Å². The standard InChI is InChI=1S/C20H17N3O8/c1-31-20(28)12-6-2-7-13(17(12)25)21-15(24)9-4-10-22-18(26)11-5-3-8-14(23(29)30)16(11)19(22)27/h2-3,5-8,25H,4,9-10H2,1H3,(H,21,24). The van der Waals surface area contributed by atoms with Gasteiger partial charge in [-0.15, -0.1) is 0 Å². The predicted molar refractivity (Wildman–Crippen MR) is 106 cm³/mol. The Morgan fingerprint density at radius 2 is 1.87 bits per heavy atom. The quantitative estimate of drug-likeness (QED) is 0.224. The van der Waals surface area contributed by atoms with E-state index in [0.29, 0.717) is 0 Å². The molecular formula is C20H17N3O8. The maximum atomic E-state index is 12.5. The molecule has 1 aliphatic heterocycles. The number of hydrogen-bond acceptors (Lipinski definition) is 8. The van der Waals surface area contributed by atoms with Gasteiger partial charge in [-0.25, -0.2) is 4.79 Å². The number of hydrogen-bond donors (Lipinski definition) is 2. The minimum atomic E-state index is -0.781. The van der Waals surface area contributed by atoms with E-state index in [2.05, 4.69) is 10.1 Å². The smallest absolute Gasteiger partial charge is 0.341 e. The summed E-state index contributed by atoms with van der Waals surface area (Å²) in [6.07, 6.45) is -0.0278. The van der Waals surface area contributed by atoms with Gasteiger partial charge in [-0.1, -0.05) is 12.1 Å². The highest BCUT2D eigenvalue weighted by Crippen LogP contribution is 2.31. The first-order chi connectivity index (χ1) is 14.8. The van der Waals surface area contributed by atoms with Gasteiger partial charge < -0.3 is 15.2 Å². The van der Waals surface area contributed by atoms with Crippen LogP contribution in [0.25, 0.3) is 0 Å². The van der Waals surface area contributed by atoms with Crippen molar-refractivity contribution in [3.8, 4) is 5.75 Å². The molecule has 2 N–H and O–H groups in total.